The number of benzene rings is 1. The van der Waals surface area contributed by atoms with Crippen LogP contribution in [-0.2, 0) is 6.54 Å². The Morgan fingerprint density at radius 2 is 2.00 bits per heavy atom. The molecule has 2 aromatic rings. The second-order valence-corrected chi connectivity index (χ2v) is 4.79. The monoisotopic (exact) mass is 261 g/mol. The van der Waals surface area contributed by atoms with Gasteiger partial charge in [-0.2, -0.15) is 0 Å². The Bertz CT molecular complexity index is 526. The molecule has 0 radical (unpaired) electrons. The maximum Gasteiger partial charge on any atom is 0.160 e. The van der Waals surface area contributed by atoms with E-state index < -0.39 is 0 Å². The lowest BCUT2D eigenvalue weighted by molar-refractivity contribution is 0.581. The van der Waals surface area contributed by atoms with Gasteiger partial charge < -0.3 is 5.32 Å². The molecule has 94 valence electrons. The molecule has 2 rings (SSSR count). The molecule has 1 heterocycles. The molecule has 1 N–H and O–H groups in total. The van der Waals surface area contributed by atoms with Crippen LogP contribution < -0.4 is 5.32 Å². The summed E-state index contributed by atoms with van der Waals surface area (Å²) >= 11 is 6.14. The standard InChI is InChI=1S/C14H16ClN3/c1-10(2)17-9-11-7-8-16-14(18-11)12-5-3-4-6-13(12)15/h3-8,10,17H,9H2,1-2H3. The normalized spacial score (nSPS) is 10.9. The van der Waals surface area contributed by atoms with Crippen molar-refractivity contribution in [2.45, 2.75) is 26.4 Å². The largest absolute Gasteiger partial charge is 0.309 e. The van der Waals surface area contributed by atoms with Gasteiger partial charge in [0.05, 0.1) is 10.7 Å². The second kappa shape index (κ2) is 5.94. The van der Waals surface area contributed by atoms with Crippen LogP contribution in [0.5, 0.6) is 0 Å². The molecule has 0 aliphatic rings. The molecule has 0 saturated heterocycles. The fourth-order valence-electron chi connectivity index (χ4n) is 1.58. The highest BCUT2D eigenvalue weighted by Gasteiger charge is 2.06. The SMILES string of the molecule is CC(C)NCc1ccnc(-c2ccccc2Cl)n1. The van der Waals surface area contributed by atoms with Gasteiger partial charge in [-0.15, -0.1) is 0 Å². The van der Waals surface area contributed by atoms with Crippen molar-refractivity contribution < 1.29 is 0 Å². The van der Waals surface area contributed by atoms with E-state index in [0.29, 0.717) is 16.9 Å². The average Bonchev–Trinajstić information content (AvgIpc) is 2.37. The third kappa shape index (κ3) is 3.28. The van der Waals surface area contributed by atoms with Gasteiger partial charge in [0.15, 0.2) is 5.82 Å². The summed E-state index contributed by atoms with van der Waals surface area (Å²) in [4.78, 5) is 8.79. The van der Waals surface area contributed by atoms with Gasteiger partial charge in [0, 0.05) is 24.3 Å². The highest BCUT2D eigenvalue weighted by Crippen LogP contribution is 2.24. The molecule has 0 saturated carbocycles. The zero-order chi connectivity index (χ0) is 13.0. The molecule has 1 aromatic carbocycles. The Morgan fingerprint density at radius 3 is 2.72 bits per heavy atom. The zero-order valence-corrected chi connectivity index (χ0v) is 11.3. The molecular weight excluding hydrogens is 246 g/mol. The molecule has 0 fully saturated rings. The number of rotatable bonds is 4. The Hall–Kier alpha value is -1.45. The van der Waals surface area contributed by atoms with Crippen molar-refractivity contribution in [2.24, 2.45) is 0 Å². The van der Waals surface area contributed by atoms with Crippen LogP contribution in [0.3, 0.4) is 0 Å². The number of hydrogen-bond donors (Lipinski definition) is 1. The second-order valence-electron chi connectivity index (χ2n) is 4.39. The lowest BCUT2D eigenvalue weighted by Crippen LogP contribution is -2.22. The van der Waals surface area contributed by atoms with Gasteiger partial charge in [0.25, 0.3) is 0 Å². The van der Waals surface area contributed by atoms with Gasteiger partial charge in [-0.05, 0) is 18.2 Å². The van der Waals surface area contributed by atoms with E-state index in [1.165, 1.54) is 0 Å². The van der Waals surface area contributed by atoms with Crippen molar-refractivity contribution in [3.05, 3.63) is 47.2 Å². The van der Waals surface area contributed by atoms with Crippen molar-refractivity contribution in [3.8, 4) is 11.4 Å². The van der Waals surface area contributed by atoms with E-state index >= 15 is 0 Å². The number of halogens is 1. The van der Waals surface area contributed by atoms with Crippen molar-refractivity contribution in [3.63, 3.8) is 0 Å². The average molecular weight is 262 g/mol. The molecular formula is C14H16ClN3. The third-order valence-electron chi connectivity index (χ3n) is 2.52. The minimum atomic E-state index is 0.434. The van der Waals surface area contributed by atoms with Crippen LogP contribution in [0, 0.1) is 0 Å². The van der Waals surface area contributed by atoms with Crippen LogP contribution in [-0.4, -0.2) is 16.0 Å². The summed E-state index contributed by atoms with van der Waals surface area (Å²) in [6, 6.07) is 9.95. The fourth-order valence-corrected chi connectivity index (χ4v) is 1.80. The van der Waals surface area contributed by atoms with Gasteiger partial charge in [-0.3, -0.25) is 0 Å². The van der Waals surface area contributed by atoms with E-state index in [1.54, 1.807) is 6.20 Å². The smallest absolute Gasteiger partial charge is 0.160 e. The van der Waals surface area contributed by atoms with Gasteiger partial charge in [-0.1, -0.05) is 37.6 Å². The molecule has 3 nitrogen and oxygen atoms in total. The first-order valence-corrected chi connectivity index (χ1v) is 6.35. The molecule has 0 amide bonds. The van der Waals surface area contributed by atoms with Gasteiger partial charge in [0.1, 0.15) is 0 Å². The van der Waals surface area contributed by atoms with Crippen LogP contribution in [0.1, 0.15) is 19.5 Å². The Labute approximate surface area is 112 Å². The highest BCUT2D eigenvalue weighted by molar-refractivity contribution is 6.33. The summed E-state index contributed by atoms with van der Waals surface area (Å²) in [5.74, 6) is 0.670. The van der Waals surface area contributed by atoms with Crippen molar-refractivity contribution >= 4 is 11.6 Å². The molecule has 1 aromatic heterocycles. The first-order chi connectivity index (χ1) is 8.66. The lowest BCUT2D eigenvalue weighted by atomic mass is 10.2. The van der Waals surface area contributed by atoms with E-state index in [-0.39, 0.29) is 0 Å². The van der Waals surface area contributed by atoms with Crippen LogP contribution >= 0.6 is 11.6 Å². The predicted molar refractivity (Wildman–Crippen MR) is 74.5 cm³/mol. The van der Waals surface area contributed by atoms with Crippen LogP contribution in [0.15, 0.2) is 36.5 Å². The van der Waals surface area contributed by atoms with Gasteiger partial charge >= 0.3 is 0 Å². The van der Waals surface area contributed by atoms with Crippen molar-refractivity contribution in [2.75, 3.05) is 0 Å². The topological polar surface area (TPSA) is 37.8 Å². The minimum Gasteiger partial charge on any atom is -0.309 e. The minimum absolute atomic E-state index is 0.434. The summed E-state index contributed by atoms with van der Waals surface area (Å²) in [5, 5.41) is 4.00. The van der Waals surface area contributed by atoms with E-state index in [4.69, 9.17) is 11.6 Å². The van der Waals surface area contributed by atoms with E-state index in [1.807, 2.05) is 30.3 Å². The molecule has 0 aliphatic heterocycles. The summed E-state index contributed by atoms with van der Waals surface area (Å²) < 4.78 is 0. The van der Waals surface area contributed by atoms with Gasteiger partial charge in [-0.25, -0.2) is 9.97 Å². The molecule has 0 bridgehead atoms. The third-order valence-corrected chi connectivity index (χ3v) is 2.85. The van der Waals surface area contributed by atoms with E-state index in [9.17, 15) is 0 Å². The van der Waals surface area contributed by atoms with E-state index in [0.717, 1.165) is 17.8 Å². The van der Waals surface area contributed by atoms with Crippen molar-refractivity contribution in [1.29, 1.82) is 0 Å². The van der Waals surface area contributed by atoms with Crippen LogP contribution in [0.4, 0.5) is 0 Å². The molecule has 4 heteroatoms. The summed E-state index contributed by atoms with van der Waals surface area (Å²) in [6.45, 7) is 4.95. The molecule has 18 heavy (non-hydrogen) atoms. The summed E-state index contributed by atoms with van der Waals surface area (Å²) in [5.41, 5.74) is 1.83. The maximum atomic E-state index is 6.14. The summed E-state index contributed by atoms with van der Waals surface area (Å²) in [6.07, 6.45) is 1.77. The molecule has 0 aliphatic carbocycles. The Kier molecular flexibility index (Phi) is 4.28. The molecule has 0 spiro atoms. The van der Waals surface area contributed by atoms with Crippen LogP contribution in [0.25, 0.3) is 11.4 Å². The van der Waals surface area contributed by atoms with Gasteiger partial charge in [0.2, 0.25) is 0 Å². The number of nitrogens with one attached hydrogen (secondary N) is 1. The molecule has 0 atom stereocenters. The first-order valence-electron chi connectivity index (χ1n) is 5.97. The lowest BCUT2D eigenvalue weighted by Gasteiger charge is -2.08. The first kappa shape index (κ1) is 13.0. The Morgan fingerprint density at radius 1 is 1.22 bits per heavy atom. The van der Waals surface area contributed by atoms with Crippen molar-refractivity contribution in [1.82, 2.24) is 15.3 Å². The highest BCUT2D eigenvalue weighted by atomic mass is 35.5. The Balaban J connectivity index is 2.25. The quantitative estimate of drug-likeness (QED) is 0.918. The number of aromatic nitrogens is 2. The predicted octanol–water partition coefficient (Wildman–Crippen LogP) is 3.30. The number of hydrogen-bond acceptors (Lipinski definition) is 3. The van der Waals surface area contributed by atoms with Crippen LogP contribution in [0.2, 0.25) is 5.02 Å². The summed E-state index contributed by atoms with van der Waals surface area (Å²) in [7, 11) is 0. The zero-order valence-electron chi connectivity index (χ0n) is 10.5. The molecule has 0 unspecified atom stereocenters. The van der Waals surface area contributed by atoms with E-state index in [2.05, 4.69) is 29.1 Å². The maximum absolute atomic E-state index is 6.14. The fraction of sp³-hybridized carbons (Fsp3) is 0.286. The number of nitrogens with zero attached hydrogens (tertiary/aromatic N) is 2.